The zero-order chi connectivity index (χ0) is 21.2. The Kier molecular flexibility index (Phi) is 6.24. The molecule has 0 bridgehead atoms. The molecule has 28 heavy (non-hydrogen) atoms. The Hall–Kier alpha value is -2.34. The molecule has 0 spiro atoms. The van der Waals surface area contributed by atoms with Gasteiger partial charge in [0.05, 0.1) is 17.3 Å². The number of nitrogens with zero attached hydrogens (tertiary/aromatic N) is 2. The first-order valence-electron chi connectivity index (χ1n) is 8.75. The minimum atomic E-state index is -4.51. The van der Waals surface area contributed by atoms with Crippen LogP contribution in [0.15, 0.2) is 24.3 Å². The van der Waals surface area contributed by atoms with E-state index >= 15 is 0 Å². The number of esters is 1. The van der Waals surface area contributed by atoms with Gasteiger partial charge < -0.3 is 15.0 Å². The number of piperidine rings is 1. The topological polar surface area (TPSA) is 65.4 Å². The van der Waals surface area contributed by atoms with Crippen molar-refractivity contribution in [3.8, 4) is 6.07 Å². The van der Waals surface area contributed by atoms with E-state index in [0.29, 0.717) is 0 Å². The maximum absolute atomic E-state index is 13.1. The van der Waals surface area contributed by atoms with Gasteiger partial charge in [-0.1, -0.05) is 12.1 Å². The van der Waals surface area contributed by atoms with Gasteiger partial charge in [0.15, 0.2) is 10.5 Å². The van der Waals surface area contributed by atoms with Gasteiger partial charge in [0.25, 0.3) is 0 Å². The third kappa shape index (κ3) is 5.13. The van der Waals surface area contributed by atoms with E-state index in [1.807, 2.05) is 0 Å². The molecule has 1 aromatic rings. The fourth-order valence-corrected chi connectivity index (χ4v) is 3.15. The van der Waals surface area contributed by atoms with Crippen LogP contribution in [-0.2, 0) is 15.7 Å². The summed E-state index contributed by atoms with van der Waals surface area (Å²) in [6.07, 6.45) is -4.14. The normalized spacial score (nSPS) is 16.8. The molecule has 0 amide bonds. The number of benzene rings is 1. The molecule has 152 valence electrons. The minimum Gasteiger partial charge on any atom is -0.459 e. The number of anilines is 1. The summed E-state index contributed by atoms with van der Waals surface area (Å²) in [6, 6.07) is 7.14. The number of alkyl halides is 3. The van der Waals surface area contributed by atoms with Crippen molar-refractivity contribution in [3.63, 3.8) is 0 Å². The van der Waals surface area contributed by atoms with E-state index in [-0.39, 0.29) is 36.7 Å². The lowest BCUT2D eigenvalue weighted by molar-refractivity contribution is -0.166. The van der Waals surface area contributed by atoms with Crippen LogP contribution in [0.5, 0.6) is 0 Å². The Morgan fingerprint density at radius 1 is 1.25 bits per heavy atom. The van der Waals surface area contributed by atoms with E-state index in [2.05, 4.69) is 11.4 Å². The van der Waals surface area contributed by atoms with Gasteiger partial charge in [0.1, 0.15) is 5.60 Å². The SMILES string of the molecule is CC(C)(C)OC(=O)C1(C#N)CCN(C(=S)Nc2ccccc2C(F)(F)F)CC1. The molecule has 5 nitrogen and oxygen atoms in total. The highest BCUT2D eigenvalue weighted by Gasteiger charge is 2.45. The highest BCUT2D eigenvalue weighted by Crippen LogP contribution is 2.36. The minimum absolute atomic E-state index is 0.118. The highest BCUT2D eigenvalue weighted by atomic mass is 32.1. The van der Waals surface area contributed by atoms with Crippen molar-refractivity contribution in [1.82, 2.24) is 4.90 Å². The van der Waals surface area contributed by atoms with Crippen LogP contribution in [0, 0.1) is 16.7 Å². The van der Waals surface area contributed by atoms with Crippen LogP contribution >= 0.6 is 12.2 Å². The molecule has 1 fully saturated rings. The molecule has 1 aromatic carbocycles. The van der Waals surface area contributed by atoms with E-state index in [1.165, 1.54) is 18.2 Å². The van der Waals surface area contributed by atoms with Gasteiger partial charge in [-0.25, -0.2) is 0 Å². The molecule has 2 rings (SSSR count). The molecule has 0 radical (unpaired) electrons. The maximum atomic E-state index is 13.1. The lowest BCUT2D eigenvalue weighted by Gasteiger charge is -2.38. The van der Waals surface area contributed by atoms with Crippen molar-refractivity contribution in [2.75, 3.05) is 18.4 Å². The Bertz CT molecular complexity index is 789. The summed E-state index contributed by atoms with van der Waals surface area (Å²) in [6.45, 7) is 5.69. The largest absolute Gasteiger partial charge is 0.459 e. The summed E-state index contributed by atoms with van der Waals surface area (Å²) in [5, 5.41) is 12.3. The number of thiocarbonyl (C=S) groups is 1. The molecule has 0 aliphatic carbocycles. The number of nitriles is 1. The number of ether oxygens (including phenoxy) is 1. The molecule has 0 aromatic heterocycles. The zero-order valence-corrected chi connectivity index (χ0v) is 16.7. The molecule has 1 aliphatic heterocycles. The van der Waals surface area contributed by atoms with Crippen LogP contribution in [0.25, 0.3) is 0 Å². The highest BCUT2D eigenvalue weighted by molar-refractivity contribution is 7.80. The molecule has 0 unspecified atom stereocenters. The number of carbonyl (C=O) groups is 1. The molecule has 1 saturated heterocycles. The second-order valence-electron chi connectivity index (χ2n) is 7.66. The summed E-state index contributed by atoms with van der Waals surface area (Å²) >= 11 is 5.25. The summed E-state index contributed by atoms with van der Waals surface area (Å²) in [5.41, 5.74) is -2.93. The first kappa shape index (κ1) is 22.0. The molecule has 0 saturated carbocycles. The quantitative estimate of drug-likeness (QED) is 0.574. The van der Waals surface area contributed by atoms with Crippen molar-refractivity contribution in [2.45, 2.75) is 45.4 Å². The van der Waals surface area contributed by atoms with Crippen molar-refractivity contribution < 1.29 is 22.7 Å². The smallest absolute Gasteiger partial charge is 0.418 e. The predicted molar refractivity (Wildman–Crippen MR) is 102 cm³/mol. The van der Waals surface area contributed by atoms with Crippen LogP contribution in [-0.4, -0.2) is 34.7 Å². The van der Waals surface area contributed by atoms with Gasteiger partial charge in [-0.2, -0.15) is 18.4 Å². The molecule has 1 aliphatic rings. The van der Waals surface area contributed by atoms with Gasteiger partial charge in [0, 0.05) is 13.1 Å². The summed E-state index contributed by atoms with van der Waals surface area (Å²) in [5.74, 6) is -0.580. The lowest BCUT2D eigenvalue weighted by Crippen LogP contribution is -2.48. The molecule has 0 atom stereocenters. The van der Waals surface area contributed by atoms with Gasteiger partial charge in [-0.05, 0) is 58.0 Å². The predicted octanol–water partition coefficient (Wildman–Crippen LogP) is 4.35. The van der Waals surface area contributed by atoms with Crippen molar-refractivity contribution in [1.29, 1.82) is 5.26 Å². The number of likely N-dealkylation sites (tertiary alicyclic amines) is 1. The van der Waals surface area contributed by atoms with Crippen LogP contribution in [0.1, 0.15) is 39.2 Å². The second-order valence-corrected chi connectivity index (χ2v) is 8.04. The first-order valence-corrected chi connectivity index (χ1v) is 9.16. The van der Waals surface area contributed by atoms with E-state index in [4.69, 9.17) is 17.0 Å². The number of hydrogen-bond donors (Lipinski definition) is 1. The fraction of sp³-hybridized carbons (Fsp3) is 0.526. The van der Waals surface area contributed by atoms with Crippen LogP contribution in [0.3, 0.4) is 0 Å². The van der Waals surface area contributed by atoms with Crippen LogP contribution < -0.4 is 5.32 Å². The number of nitrogens with one attached hydrogen (secondary N) is 1. The van der Waals surface area contributed by atoms with Gasteiger partial charge in [0.2, 0.25) is 0 Å². The molecular weight excluding hydrogens is 391 g/mol. The molecule has 9 heteroatoms. The Balaban J connectivity index is 2.07. The van der Waals surface area contributed by atoms with Gasteiger partial charge >= 0.3 is 12.1 Å². The molecule has 1 N–H and O–H groups in total. The van der Waals surface area contributed by atoms with Gasteiger partial charge in [-0.15, -0.1) is 0 Å². The van der Waals surface area contributed by atoms with E-state index in [9.17, 15) is 23.2 Å². The standard InChI is InChI=1S/C19H22F3N3O2S/c1-17(2,3)27-15(26)18(12-23)8-10-25(11-9-18)16(28)24-14-7-5-4-6-13(14)19(20,21)22/h4-7H,8-11H2,1-3H3,(H,24,28). The lowest BCUT2D eigenvalue weighted by atomic mass is 9.79. The summed E-state index contributed by atoms with van der Waals surface area (Å²) in [7, 11) is 0. The van der Waals surface area contributed by atoms with Crippen molar-refractivity contribution in [3.05, 3.63) is 29.8 Å². The van der Waals surface area contributed by atoms with Crippen LogP contribution in [0.4, 0.5) is 18.9 Å². The maximum Gasteiger partial charge on any atom is 0.418 e. The third-order valence-electron chi connectivity index (χ3n) is 4.38. The fourth-order valence-electron chi connectivity index (χ4n) is 2.86. The zero-order valence-electron chi connectivity index (χ0n) is 15.9. The average molecular weight is 413 g/mol. The number of rotatable bonds is 2. The monoisotopic (exact) mass is 413 g/mol. The summed E-state index contributed by atoms with van der Waals surface area (Å²) in [4.78, 5) is 14.1. The van der Waals surface area contributed by atoms with E-state index in [1.54, 1.807) is 25.7 Å². The van der Waals surface area contributed by atoms with Crippen LogP contribution in [0.2, 0.25) is 0 Å². The molecule has 1 heterocycles. The van der Waals surface area contributed by atoms with E-state index in [0.717, 1.165) is 6.07 Å². The number of halogens is 3. The number of hydrogen-bond acceptors (Lipinski definition) is 4. The first-order chi connectivity index (χ1) is 12.9. The number of para-hydroxylation sites is 1. The summed E-state index contributed by atoms with van der Waals surface area (Å²) < 4.78 is 44.7. The van der Waals surface area contributed by atoms with Gasteiger partial charge in [-0.3, -0.25) is 4.79 Å². The van der Waals surface area contributed by atoms with Crippen molar-refractivity contribution >= 4 is 29.0 Å². The number of carbonyl (C=O) groups excluding carboxylic acids is 1. The average Bonchev–Trinajstić information content (AvgIpc) is 2.59. The molecular formula is C19H22F3N3O2S. The Labute approximate surface area is 167 Å². The second kappa shape index (κ2) is 7.95. The third-order valence-corrected chi connectivity index (χ3v) is 4.74. The van der Waals surface area contributed by atoms with E-state index < -0.39 is 28.7 Å². The van der Waals surface area contributed by atoms with Crippen molar-refractivity contribution in [2.24, 2.45) is 5.41 Å². The Morgan fingerprint density at radius 3 is 2.32 bits per heavy atom. The Morgan fingerprint density at radius 2 is 1.82 bits per heavy atom.